The molecule has 0 atom stereocenters. The van der Waals surface area contributed by atoms with Crippen LogP contribution >= 0.6 is 22.9 Å². The van der Waals surface area contributed by atoms with Gasteiger partial charge in [-0.15, -0.1) is 11.3 Å². The summed E-state index contributed by atoms with van der Waals surface area (Å²) in [5.41, 5.74) is 2.79. The fraction of sp³-hybridized carbons (Fsp3) is 0.0500. The molecule has 0 bridgehead atoms. The third kappa shape index (κ3) is 3.15. The number of hydrogen-bond acceptors (Lipinski definition) is 4. The SMILES string of the molecule is Cn1c(C(=O)Nc2scc(-c3ccc(Cl)cc3)c2C(=O)O)nc2ccccc21. The van der Waals surface area contributed by atoms with Gasteiger partial charge in [0, 0.05) is 23.0 Å². The van der Waals surface area contributed by atoms with Crippen molar-refractivity contribution >= 4 is 50.8 Å². The first kappa shape index (κ1) is 18.2. The molecule has 0 unspecified atom stereocenters. The Morgan fingerprint density at radius 2 is 1.86 bits per heavy atom. The molecule has 0 saturated carbocycles. The van der Waals surface area contributed by atoms with Gasteiger partial charge in [0.05, 0.1) is 11.0 Å². The van der Waals surface area contributed by atoms with Crippen molar-refractivity contribution in [3.05, 3.63) is 70.3 Å². The number of halogens is 1. The number of aromatic carboxylic acids is 1. The van der Waals surface area contributed by atoms with E-state index in [2.05, 4.69) is 10.3 Å². The van der Waals surface area contributed by atoms with E-state index in [-0.39, 0.29) is 16.4 Å². The molecule has 4 aromatic rings. The second-order valence-corrected chi connectivity index (χ2v) is 7.42. The third-order valence-electron chi connectivity index (χ3n) is 4.38. The molecule has 2 aromatic carbocycles. The summed E-state index contributed by atoms with van der Waals surface area (Å²) in [5.74, 6) is -1.38. The summed E-state index contributed by atoms with van der Waals surface area (Å²) < 4.78 is 1.68. The van der Waals surface area contributed by atoms with Gasteiger partial charge >= 0.3 is 5.97 Å². The maximum atomic E-state index is 12.8. The summed E-state index contributed by atoms with van der Waals surface area (Å²) in [6, 6.07) is 14.3. The molecule has 28 heavy (non-hydrogen) atoms. The number of carboxylic acid groups (broad SMARTS) is 1. The standard InChI is InChI=1S/C20H14ClN3O3S/c1-24-15-5-3-2-4-14(15)22-17(24)18(25)23-19-16(20(26)27)13(10-28-19)11-6-8-12(21)9-7-11/h2-10H,1H3,(H,23,25)(H,26,27). The lowest BCUT2D eigenvalue weighted by Crippen LogP contribution is -2.17. The molecule has 0 saturated heterocycles. The summed E-state index contributed by atoms with van der Waals surface area (Å²) >= 11 is 7.07. The molecule has 0 radical (unpaired) electrons. The van der Waals surface area contributed by atoms with Crippen LogP contribution in [0.1, 0.15) is 21.0 Å². The van der Waals surface area contributed by atoms with Crippen molar-refractivity contribution < 1.29 is 14.7 Å². The van der Waals surface area contributed by atoms with Gasteiger partial charge in [0.2, 0.25) is 0 Å². The molecule has 0 aliphatic carbocycles. The lowest BCUT2D eigenvalue weighted by Gasteiger charge is -2.06. The minimum atomic E-state index is -1.12. The summed E-state index contributed by atoms with van der Waals surface area (Å²) in [6.45, 7) is 0. The van der Waals surface area contributed by atoms with Crippen LogP contribution in [0.25, 0.3) is 22.2 Å². The number of benzene rings is 2. The molecule has 4 rings (SSSR count). The average molecular weight is 412 g/mol. The van der Waals surface area contributed by atoms with E-state index in [1.54, 1.807) is 41.3 Å². The van der Waals surface area contributed by atoms with Crippen molar-refractivity contribution in [2.45, 2.75) is 0 Å². The first-order valence-electron chi connectivity index (χ1n) is 8.29. The van der Waals surface area contributed by atoms with Crippen molar-refractivity contribution in [3.8, 4) is 11.1 Å². The lowest BCUT2D eigenvalue weighted by molar-refractivity contribution is 0.0699. The van der Waals surface area contributed by atoms with Gasteiger partial charge < -0.3 is 15.0 Å². The number of fused-ring (bicyclic) bond motifs is 1. The van der Waals surface area contributed by atoms with Crippen LogP contribution in [-0.2, 0) is 7.05 Å². The summed E-state index contributed by atoms with van der Waals surface area (Å²) in [5, 5.41) is 14.9. The maximum absolute atomic E-state index is 12.8. The fourth-order valence-electron chi connectivity index (χ4n) is 3.01. The summed E-state index contributed by atoms with van der Waals surface area (Å²) in [6.07, 6.45) is 0. The van der Waals surface area contributed by atoms with E-state index in [1.807, 2.05) is 24.3 Å². The normalized spacial score (nSPS) is 10.9. The van der Waals surface area contributed by atoms with Gasteiger partial charge in [0.1, 0.15) is 10.6 Å². The molecule has 2 N–H and O–H groups in total. The number of amides is 1. The highest BCUT2D eigenvalue weighted by atomic mass is 35.5. The van der Waals surface area contributed by atoms with E-state index < -0.39 is 11.9 Å². The van der Waals surface area contributed by atoms with E-state index in [9.17, 15) is 14.7 Å². The van der Waals surface area contributed by atoms with Crippen LogP contribution in [0.3, 0.4) is 0 Å². The molecular weight excluding hydrogens is 398 g/mol. The van der Waals surface area contributed by atoms with Crippen molar-refractivity contribution in [2.24, 2.45) is 7.05 Å². The Morgan fingerprint density at radius 1 is 1.14 bits per heavy atom. The molecule has 0 aliphatic heterocycles. The van der Waals surface area contributed by atoms with Crippen LogP contribution in [0.5, 0.6) is 0 Å². The molecular formula is C20H14ClN3O3S. The highest BCUT2D eigenvalue weighted by Crippen LogP contribution is 2.36. The van der Waals surface area contributed by atoms with E-state index in [0.29, 0.717) is 21.7 Å². The largest absolute Gasteiger partial charge is 0.478 e. The monoisotopic (exact) mass is 411 g/mol. The summed E-state index contributed by atoms with van der Waals surface area (Å²) in [4.78, 5) is 29.0. The van der Waals surface area contributed by atoms with Crippen molar-refractivity contribution in [1.29, 1.82) is 0 Å². The molecule has 0 spiro atoms. The number of aromatic nitrogens is 2. The predicted octanol–water partition coefficient (Wildman–Crippen LogP) is 4.91. The Balaban J connectivity index is 1.71. The Morgan fingerprint density at radius 3 is 2.54 bits per heavy atom. The van der Waals surface area contributed by atoms with Crippen LogP contribution in [0.2, 0.25) is 5.02 Å². The maximum Gasteiger partial charge on any atom is 0.339 e. The van der Waals surface area contributed by atoms with Gasteiger partial charge in [0.25, 0.3) is 5.91 Å². The van der Waals surface area contributed by atoms with Crippen LogP contribution in [0, 0.1) is 0 Å². The predicted molar refractivity (Wildman–Crippen MR) is 110 cm³/mol. The number of imidazole rings is 1. The molecule has 6 nitrogen and oxygen atoms in total. The molecule has 2 heterocycles. The van der Waals surface area contributed by atoms with E-state index in [4.69, 9.17) is 11.6 Å². The highest BCUT2D eigenvalue weighted by Gasteiger charge is 2.23. The zero-order valence-corrected chi connectivity index (χ0v) is 16.2. The lowest BCUT2D eigenvalue weighted by atomic mass is 10.0. The number of hydrogen-bond donors (Lipinski definition) is 2. The van der Waals surface area contributed by atoms with Crippen LogP contribution in [0.15, 0.2) is 53.9 Å². The van der Waals surface area contributed by atoms with Gasteiger partial charge in [-0.2, -0.15) is 0 Å². The molecule has 1 amide bonds. The van der Waals surface area contributed by atoms with Gasteiger partial charge in [-0.05, 0) is 29.8 Å². The molecule has 140 valence electrons. The minimum Gasteiger partial charge on any atom is -0.478 e. The number of para-hydroxylation sites is 2. The quantitative estimate of drug-likeness (QED) is 0.500. The van der Waals surface area contributed by atoms with E-state index >= 15 is 0 Å². The Hall–Kier alpha value is -3.16. The van der Waals surface area contributed by atoms with E-state index in [0.717, 1.165) is 16.9 Å². The fourth-order valence-corrected chi connectivity index (χ4v) is 4.09. The number of carboxylic acids is 1. The number of nitrogens with zero attached hydrogens (tertiary/aromatic N) is 2. The van der Waals surface area contributed by atoms with Gasteiger partial charge in [-0.25, -0.2) is 9.78 Å². The second kappa shape index (κ2) is 7.10. The number of aryl methyl sites for hydroxylation is 1. The topological polar surface area (TPSA) is 84.2 Å². The van der Waals surface area contributed by atoms with Crippen LogP contribution < -0.4 is 5.32 Å². The first-order chi connectivity index (χ1) is 13.5. The number of rotatable bonds is 4. The molecule has 0 fully saturated rings. The van der Waals surface area contributed by atoms with Gasteiger partial charge in [-0.3, -0.25) is 4.79 Å². The second-order valence-electron chi connectivity index (χ2n) is 6.10. The minimum absolute atomic E-state index is 0.0411. The molecule has 8 heteroatoms. The number of nitrogens with one attached hydrogen (secondary N) is 1. The van der Waals surface area contributed by atoms with Crippen LogP contribution in [0.4, 0.5) is 5.00 Å². The third-order valence-corrected chi connectivity index (χ3v) is 5.52. The Labute approximate surface area is 169 Å². The number of anilines is 1. The Bertz CT molecular complexity index is 1210. The zero-order chi connectivity index (χ0) is 19.8. The first-order valence-corrected chi connectivity index (χ1v) is 9.55. The van der Waals surface area contributed by atoms with Crippen molar-refractivity contribution in [3.63, 3.8) is 0 Å². The Kier molecular flexibility index (Phi) is 4.62. The average Bonchev–Trinajstić information content (AvgIpc) is 3.24. The zero-order valence-electron chi connectivity index (χ0n) is 14.6. The number of carbonyl (C=O) groups excluding carboxylic acids is 1. The number of carbonyl (C=O) groups is 2. The number of thiophene rings is 1. The van der Waals surface area contributed by atoms with Gasteiger partial charge in [-0.1, -0.05) is 35.9 Å². The van der Waals surface area contributed by atoms with Crippen molar-refractivity contribution in [1.82, 2.24) is 9.55 Å². The van der Waals surface area contributed by atoms with E-state index in [1.165, 1.54) is 0 Å². The van der Waals surface area contributed by atoms with Crippen LogP contribution in [-0.4, -0.2) is 26.5 Å². The highest BCUT2D eigenvalue weighted by molar-refractivity contribution is 7.15. The van der Waals surface area contributed by atoms with Crippen molar-refractivity contribution in [2.75, 3.05) is 5.32 Å². The van der Waals surface area contributed by atoms with Gasteiger partial charge in [0.15, 0.2) is 5.82 Å². The molecule has 2 aromatic heterocycles. The summed E-state index contributed by atoms with van der Waals surface area (Å²) in [7, 11) is 1.75. The molecule has 0 aliphatic rings. The smallest absolute Gasteiger partial charge is 0.339 e.